The highest BCUT2D eigenvalue weighted by molar-refractivity contribution is 5.89. The number of rotatable bonds is 6. The van der Waals surface area contributed by atoms with Crippen LogP contribution in [0.25, 0.3) is 0 Å². The minimum atomic E-state index is -0.312. The van der Waals surface area contributed by atoms with Crippen LogP contribution in [-0.2, 0) is 16.0 Å². The summed E-state index contributed by atoms with van der Waals surface area (Å²) >= 11 is 0. The van der Waals surface area contributed by atoms with E-state index < -0.39 is 0 Å². The number of hydrogen-bond donors (Lipinski definition) is 1. The van der Waals surface area contributed by atoms with Gasteiger partial charge in [0.15, 0.2) is 0 Å². The van der Waals surface area contributed by atoms with Crippen LogP contribution in [0, 0.1) is 0 Å². The molecule has 0 radical (unpaired) electrons. The van der Waals surface area contributed by atoms with Crippen molar-refractivity contribution in [2.24, 2.45) is 0 Å². The van der Waals surface area contributed by atoms with Crippen molar-refractivity contribution in [1.82, 2.24) is 5.32 Å². The van der Waals surface area contributed by atoms with Crippen LogP contribution in [0.3, 0.4) is 0 Å². The van der Waals surface area contributed by atoms with Gasteiger partial charge in [-0.1, -0.05) is 12.1 Å². The van der Waals surface area contributed by atoms with Gasteiger partial charge in [-0.25, -0.2) is 4.79 Å². The quantitative estimate of drug-likeness (QED) is 0.445. The molecule has 0 saturated carbocycles. The molecule has 0 spiro atoms. The van der Waals surface area contributed by atoms with E-state index in [1.165, 1.54) is 0 Å². The van der Waals surface area contributed by atoms with Crippen molar-refractivity contribution >= 4 is 12.4 Å². The molecule has 4 nitrogen and oxygen atoms in total. The van der Waals surface area contributed by atoms with E-state index in [0.29, 0.717) is 31.5 Å². The Balaban J connectivity index is 2.63. The average molecular weight is 221 g/mol. The molecular weight excluding hydrogens is 206 g/mol. The fourth-order valence-electron chi connectivity index (χ4n) is 1.34. The lowest BCUT2D eigenvalue weighted by Crippen LogP contribution is -2.14. The lowest BCUT2D eigenvalue weighted by molar-refractivity contribution is -0.109. The SMILES string of the molecule is CCOC(=O)c1cccc(CCNC=O)c1. The first kappa shape index (κ1) is 12.2. The van der Waals surface area contributed by atoms with Gasteiger partial charge >= 0.3 is 5.97 Å². The van der Waals surface area contributed by atoms with Gasteiger partial charge in [-0.2, -0.15) is 0 Å². The predicted octanol–water partition coefficient (Wildman–Crippen LogP) is 1.15. The third-order valence-corrected chi connectivity index (χ3v) is 2.08. The zero-order valence-corrected chi connectivity index (χ0v) is 9.23. The lowest BCUT2D eigenvalue weighted by Gasteiger charge is -2.04. The first-order valence-corrected chi connectivity index (χ1v) is 5.21. The minimum Gasteiger partial charge on any atom is -0.462 e. The molecule has 0 atom stereocenters. The van der Waals surface area contributed by atoms with Crippen LogP contribution >= 0.6 is 0 Å². The summed E-state index contributed by atoms with van der Waals surface area (Å²) in [5.41, 5.74) is 1.55. The number of esters is 1. The van der Waals surface area contributed by atoms with E-state index >= 15 is 0 Å². The van der Waals surface area contributed by atoms with Crippen LogP contribution in [0.15, 0.2) is 24.3 Å². The molecule has 1 aromatic rings. The zero-order valence-electron chi connectivity index (χ0n) is 9.23. The Morgan fingerprint density at radius 3 is 3.00 bits per heavy atom. The van der Waals surface area contributed by atoms with E-state index in [4.69, 9.17) is 4.74 Å². The molecule has 0 heterocycles. The second-order valence-electron chi connectivity index (χ2n) is 3.24. The monoisotopic (exact) mass is 221 g/mol. The van der Waals surface area contributed by atoms with Crippen molar-refractivity contribution in [2.45, 2.75) is 13.3 Å². The summed E-state index contributed by atoms with van der Waals surface area (Å²) in [6.45, 7) is 2.71. The van der Waals surface area contributed by atoms with E-state index in [0.717, 1.165) is 5.56 Å². The van der Waals surface area contributed by atoms with Gasteiger partial charge < -0.3 is 10.1 Å². The van der Waals surface area contributed by atoms with E-state index in [9.17, 15) is 9.59 Å². The number of ether oxygens (including phenoxy) is 1. The summed E-state index contributed by atoms with van der Waals surface area (Å²) in [5.74, 6) is -0.312. The second kappa shape index (κ2) is 6.61. The molecule has 86 valence electrons. The molecule has 1 N–H and O–H groups in total. The van der Waals surface area contributed by atoms with Crippen molar-refractivity contribution in [3.8, 4) is 0 Å². The van der Waals surface area contributed by atoms with Crippen LogP contribution in [0.4, 0.5) is 0 Å². The maximum absolute atomic E-state index is 11.4. The summed E-state index contributed by atoms with van der Waals surface area (Å²) in [4.78, 5) is 21.5. The van der Waals surface area contributed by atoms with Gasteiger partial charge in [0.2, 0.25) is 6.41 Å². The Bertz CT molecular complexity index is 363. The van der Waals surface area contributed by atoms with Crippen molar-refractivity contribution < 1.29 is 14.3 Å². The predicted molar refractivity (Wildman–Crippen MR) is 60.2 cm³/mol. The molecular formula is C12H15NO3. The molecule has 0 aromatic heterocycles. The fraction of sp³-hybridized carbons (Fsp3) is 0.333. The van der Waals surface area contributed by atoms with Crippen LogP contribution < -0.4 is 5.32 Å². The van der Waals surface area contributed by atoms with Gasteiger partial charge in [-0.15, -0.1) is 0 Å². The van der Waals surface area contributed by atoms with Crippen molar-refractivity contribution in [2.75, 3.05) is 13.2 Å². The van der Waals surface area contributed by atoms with Crippen molar-refractivity contribution in [1.29, 1.82) is 0 Å². The molecule has 0 bridgehead atoms. The third kappa shape index (κ3) is 3.73. The van der Waals surface area contributed by atoms with E-state index in [2.05, 4.69) is 5.32 Å². The van der Waals surface area contributed by atoms with Gasteiger partial charge in [0.1, 0.15) is 0 Å². The van der Waals surface area contributed by atoms with Crippen LogP contribution in [0.1, 0.15) is 22.8 Å². The summed E-state index contributed by atoms with van der Waals surface area (Å²) in [5, 5.41) is 2.57. The summed E-state index contributed by atoms with van der Waals surface area (Å²) in [7, 11) is 0. The first-order valence-electron chi connectivity index (χ1n) is 5.21. The molecule has 1 amide bonds. The standard InChI is InChI=1S/C12H15NO3/c1-2-16-12(15)11-5-3-4-10(8-11)6-7-13-9-14/h3-5,8-9H,2,6-7H2,1H3,(H,13,14). The van der Waals surface area contributed by atoms with E-state index in [1.54, 1.807) is 19.1 Å². The number of carbonyl (C=O) groups is 2. The van der Waals surface area contributed by atoms with Crippen molar-refractivity contribution in [3.63, 3.8) is 0 Å². The fourth-order valence-corrected chi connectivity index (χ4v) is 1.34. The Morgan fingerprint density at radius 1 is 1.50 bits per heavy atom. The highest BCUT2D eigenvalue weighted by Gasteiger charge is 2.06. The first-order chi connectivity index (χ1) is 7.77. The Labute approximate surface area is 94.6 Å². The minimum absolute atomic E-state index is 0.312. The van der Waals surface area contributed by atoms with Crippen LogP contribution in [-0.4, -0.2) is 25.5 Å². The van der Waals surface area contributed by atoms with E-state index in [1.807, 2.05) is 12.1 Å². The molecule has 0 aliphatic rings. The lowest BCUT2D eigenvalue weighted by atomic mass is 10.1. The second-order valence-corrected chi connectivity index (χ2v) is 3.24. The third-order valence-electron chi connectivity index (χ3n) is 2.08. The average Bonchev–Trinajstić information content (AvgIpc) is 2.30. The summed E-state index contributed by atoms with van der Waals surface area (Å²) in [6, 6.07) is 7.22. The van der Waals surface area contributed by atoms with E-state index in [-0.39, 0.29) is 5.97 Å². The normalized spacial score (nSPS) is 9.56. The number of carbonyl (C=O) groups excluding carboxylic acids is 2. The number of benzene rings is 1. The maximum atomic E-state index is 11.4. The number of hydrogen-bond acceptors (Lipinski definition) is 3. The Morgan fingerprint density at radius 2 is 2.31 bits per heavy atom. The molecule has 0 unspecified atom stereocenters. The maximum Gasteiger partial charge on any atom is 0.338 e. The van der Waals surface area contributed by atoms with Crippen molar-refractivity contribution in [3.05, 3.63) is 35.4 Å². The van der Waals surface area contributed by atoms with Gasteiger partial charge in [0, 0.05) is 6.54 Å². The molecule has 1 rings (SSSR count). The number of amides is 1. The number of nitrogens with one attached hydrogen (secondary N) is 1. The van der Waals surface area contributed by atoms with Gasteiger partial charge in [0.25, 0.3) is 0 Å². The molecule has 0 aliphatic carbocycles. The smallest absolute Gasteiger partial charge is 0.338 e. The zero-order chi connectivity index (χ0) is 11.8. The molecule has 0 saturated heterocycles. The molecule has 1 aromatic carbocycles. The molecule has 16 heavy (non-hydrogen) atoms. The topological polar surface area (TPSA) is 55.4 Å². The van der Waals surface area contributed by atoms with Crippen LogP contribution in [0.2, 0.25) is 0 Å². The largest absolute Gasteiger partial charge is 0.462 e. The molecule has 0 fully saturated rings. The van der Waals surface area contributed by atoms with Gasteiger partial charge in [-0.3, -0.25) is 4.79 Å². The Hall–Kier alpha value is -1.84. The van der Waals surface area contributed by atoms with Crippen LogP contribution in [0.5, 0.6) is 0 Å². The molecule has 0 aliphatic heterocycles. The van der Waals surface area contributed by atoms with Gasteiger partial charge in [0.05, 0.1) is 12.2 Å². The van der Waals surface area contributed by atoms with Gasteiger partial charge in [-0.05, 0) is 31.0 Å². The summed E-state index contributed by atoms with van der Waals surface area (Å²) in [6.07, 6.45) is 1.36. The Kier molecular flexibility index (Phi) is 5.05. The highest BCUT2D eigenvalue weighted by Crippen LogP contribution is 2.07. The highest BCUT2D eigenvalue weighted by atomic mass is 16.5. The summed E-state index contributed by atoms with van der Waals surface area (Å²) < 4.78 is 4.90. The molecule has 4 heteroatoms.